The van der Waals surface area contributed by atoms with Crippen LogP contribution >= 0.6 is 11.6 Å². The number of rotatable bonds is 1. The van der Waals surface area contributed by atoms with Gasteiger partial charge in [0.15, 0.2) is 0 Å². The summed E-state index contributed by atoms with van der Waals surface area (Å²) in [6, 6.07) is 5.38. The molecule has 0 spiro atoms. The van der Waals surface area contributed by atoms with E-state index in [-0.39, 0.29) is 5.75 Å². The minimum atomic E-state index is 0.169. The summed E-state index contributed by atoms with van der Waals surface area (Å²) in [6.45, 7) is 5.99. The fourth-order valence-corrected chi connectivity index (χ4v) is 1.26. The van der Waals surface area contributed by atoms with Gasteiger partial charge in [-0.15, -0.1) is 0 Å². The van der Waals surface area contributed by atoms with Crippen molar-refractivity contribution >= 4 is 17.2 Å². The van der Waals surface area contributed by atoms with E-state index in [1.54, 1.807) is 6.07 Å². The molecule has 0 unspecified atom stereocenters. The molecule has 1 aromatic rings. The number of aromatic hydroxyl groups is 1. The molecular weight excluding hydrogens is 184 g/mol. The maximum atomic E-state index is 9.65. The quantitative estimate of drug-likeness (QED) is 0.723. The number of hydrogen-bond donors (Lipinski definition) is 1. The largest absolute Gasteiger partial charge is 0.506 e. The average Bonchev–Trinajstić information content (AvgIpc) is 2.08. The zero-order valence-electron chi connectivity index (χ0n) is 8.06. The number of phenolic OH excluding ortho intramolecular Hbond substituents is 1. The molecule has 0 heterocycles. The van der Waals surface area contributed by atoms with E-state index >= 15 is 0 Å². The summed E-state index contributed by atoms with van der Waals surface area (Å²) in [5, 5.41) is 10.1. The summed E-state index contributed by atoms with van der Waals surface area (Å²) >= 11 is 5.79. The number of benzene rings is 1. The summed E-state index contributed by atoms with van der Waals surface area (Å²) in [6.07, 6.45) is 0. The maximum Gasteiger partial charge on any atom is 0.141 e. The first kappa shape index (κ1) is 10.1. The summed E-state index contributed by atoms with van der Waals surface area (Å²) in [7, 11) is 0. The van der Waals surface area contributed by atoms with E-state index in [2.05, 4.69) is 0 Å². The fraction of sp³-hybridized carbons (Fsp3) is 0.273. The average molecular weight is 197 g/mol. The molecule has 1 aromatic carbocycles. The molecule has 0 bridgehead atoms. The lowest BCUT2D eigenvalue weighted by molar-refractivity contribution is 0.474. The van der Waals surface area contributed by atoms with Crippen molar-refractivity contribution in [2.75, 3.05) is 0 Å². The topological polar surface area (TPSA) is 20.2 Å². The van der Waals surface area contributed by atoms with Crippen molar-refractivity contribution in [3.8, 4) is 5.75 Å². The monoisotopic (exact) mass is 196 g/mol. The molecule has 2 heteroatoms. The highest BCUT2D eigenvalue weighted by Crippen LogP contribution is 2.32. The van der Waals surface area contributed by atoms with Crippen LogP contribution in [0.5, 0.6) is 5.75 Å². The zero-order chi connectivity index (χ0) is 10.0. The van der Waals surface area contributed by atoms with E-state index in [1.807, 2.05) is 32.9 Å². The Hall–Kier alpha value is -0.950. The lowest BCUT2D eigenvalue weighted by Crippen LogP contribution is -1.84. The number of para-hydroxylation sites is 1. The van der Waals surface area contributed by atoms with Crippen molar-refractivity contribution in [1.82, 2.24) is 0 Å². The first-order valence-electron chi connectivity index (χ1n) is 4.16. The lowest BCUT2D eigenvalue weighted by atomic mass is 10.0. The molecule has 1 rings (SSSR count). The van der Waals surface area contributed by atoms with E-state index in [0.717, 1.165) is 11.1 Å². The highest BCUT2D eigenvalue weighted by atomic mass is 35.5. The zero-order valence-corrected chi connectivity index (χ0v) is 8.81. The number of halogens is 1. The van der Waals surface area contributed by atoms with E-state index in [4.69, 9.17) is 11.6 Å². The Kier molecular flexibility index (Phi) is 2.99. The van der Waals surface area contributed by atoms with Crippen molar-refractivity contribution in [2.45, 2.75) is 20.8 Å². The summed E-state index contributed by atoms with van der Waals surface area (Å²) in [4.78, 5) is 0. The standard InChI is InChI=1S/C11H13ClO/c1-7(2)8(3)9-5-4-6-10(12)11(9)13/h4-6,13H,1-3H3. The second-order valence-electron chi connectivity index (χ2n) is 3.26. The van der Waals surface area contributed by atoms with E-state index in [0.29, 0.717) is 5.02 Å². The molecule has 1 nitrogen and oxygen atoms in total. The lowest BCUT2D eigenvalue weighted by Gasteiger charge is -2.07. The molecule has 1 N–H and O–H groups in total. The van der Waals surface area contributed by atoms with E-state index < -0.39 is 0 Å². The van der Waals surface area contributed by atoms with Gasteiger partial charge in [-0.1, -0.05) is 29.3 Å². The van der Waals surface area contributed by atoms with Crippen LogP contribution in [0.15, 0.2) is 23.8 Å². The molecule has 0 saturated carbocycles. The van der Waals surface area contributed by atoms with Crippen LogP contribution in [0, 0.1) is 0 Å². The van der Waals surface area contributed by atoms with Gasteiger partial charge in [0, 0.05) is 5.56 Å². The van der Waals surface area contributed by atoms with Gasteiger partial charge >= 0.3 is 0 Å². The molecular formula is C11H13ClO. The normalized spacial score (nSPS) is 9.85. The number of allylic oxidation sites excluding steroid dienone is 2. The van der Waals surface area contributed by atoms with E-state index in [9.17, 15) is 5.11 Å². The summed E-state index contributed by atoms with van der Waals surface area (Å²) in [5.74, 6) is 0.169. The van der Waals surface area contributed by atoms with Crippen LogP contribution in [0.2, 0.25) is 5.02 Å². The predicted octanol–water partition coefficient (Wildman–Crippen LogP) is 3.86. The first-order valence-corrected chi connectivity index (χ1v) is 4.53. The smallest absolute Gasteiger partial charge is 0.141 e. The van der Waals surface area contributed by atoms with Crippen molar-refractivity contribution in [3.05, 3.63) is 34.4 Å². The number of phenols is 1. The van der Waals surface area contributed by atoms with Gasteiger partial charge in [0.1, 0.15) is 5.75 Å². The van der Waals surface area contributed by atoms with Crippen molar-refractivity contribution < 1.29 is 5.11 Å². The van der Waals surface area contributed by atoms with Gasteiger partial charge in [-0.3, -0.25) is 0 Å². The van der Waals surface area contributed by atoms with Gasteiger partial charge in [0.2, 0.25) is 0 Å². The Balaban J connectivity index is 3.32. The van der Waals surface area contributed by atoms with Gasteiger partial charge < -0.3 is 5.11 Å². The van der Waals surface area contributed by atoms with Crippen LogP contribution in [0.25, 0.3) is 5.57 Å². The highest BCUT2D eigenvalue weighted by Gasteiger charge is 2.06. The Labute approximate surface area is 83.7 Å². The third kappa shape index (κ3) is 2.04. The number of hydrogen-bond acceptors (Lipinski definition) is 1. The predicted molar refractivity (Wildman–Crippen MR) is 57.1 cm³/mol. The van der Waals surface area contributed by atoms with E-state index in [1.165, 1.54) is 5.57 Å². The third-order valence-electron chi connectivity index (χ3n) is 2.14. The van der Waals surface area contributed by atoms with Crippen LogP contribution in [0.1, 0.15) is 26.3 Å². The highest BCUT2D eigenvalue weighted by molar-refractivity contribution is 6.32. The third-order valence-corrected chi connectivity index (χ3v) is 2.45. The van der Waals surface area contributed by atoms with Gasteiger partial charge in [-0.2, -0.15) is 0 Å². The molecule has 0 amide bonds. The minimum Gasteiger partial charge on any atom is -0.506 e. The molecule has 0 aliphatic rings. The van der Waals surface area contributed by atoms with Gasteiger partial charge in [0.05, 0.1) is 5.02 Å². The van der Waals surface area contributed by atoms with Crippen molar-refractivity contribution in [1.29, 1.82) is 0 Å². The molecule has 0 fully saturated rings. The molecule has 0 radical (unpaired) electrons. The minimum absolute atomic E-state index is 0.169. The molecule has 13 heavy (non-hydrogen) atoms. The fourth-order valence-electron chi connectivity index (χ4n) is 1.09. The molecule has 0 aromatic heterocycles. The van der Waals surface area contributed by atoms with Crippen molar-refractivity contribution in [3.63, 3.8) is 0 Å². The van der Waals surface area contributed by atoms with Crippen molar-refractivity contribution in [2.24, 2.45) is 0 Å². The second kappa shape index (κ2) is 3.84. The van der Waals surface area contributed by atoms with Crippen LogP contribution in [-0.2, 0) is 0 Å². The van der Waals surface area contributed by atoms with Crippen LogP contribution in [0.3, 0.4) is 0 Å². The Morgan fingerprint density at radius 1 is 1.23 bits per heavy atom. The second-order valence-corrected chi connectivity index (χ2v) is 3.67. The molecule has 70 valence electrons. The van der Waals surface area contributed by atoms with Crippen LogP contribution in [-0.4, -0.2) is 5.11 Å². The van der Waals surface area contributed by atoms with Gasteiger partial charge in [-0.05, 0) is 32.4 Å². The first-order chi connectivity index (χ1) is 6.04. The van der Waals surface area contributed by atoms with Crippen LogP contribution in [0.4, 0.5) is 0 Å². The molecule has 0 aliphatic heterocycles. The Bertz CT molecular complexity index is 349. The van der Waals surface area contributed by atoms with Gasteiger partial charge in [0.25, 0.3) is 0 Å². The summed E-state index contributed by atoms with van der Waals surface area (Å²) < 4.78 is 0. The SMILES string of the molecule is CC(C)=C(C)c1cccc(Cl)c1O. The molecule has 0 saturated heterocycles. The van der Waals surface area contributed by atoms with Gasteiger partial charge in [-0.25, -0.2) is 0 Å². The van der Waals surface area contributed by atoms with Crippen LogP contribution < -0.4 is 0 Å². The molecule has 0 atom stereocenters. The summed E-state index contributed by atoms with van der Waals surface area (Å²) in [5.41, 5.74) is 3.06. The maximum absolute atomic E-state index is 9.65. The Morgan fingerprint density at radius 3 is 2.38 bits per heavy atom. The Morgan fingerprint density at radius 2 is 1.85 bits per heavy atom. The molecule has 0 aliphatic carbocycles.